The van der Waals surface area contributed by atoms with Crippen LogP contribution < -0.4 is 5.73 Å². The molecule has 0 spiro atoms. The largest absolute Gasteiger partial charge is 0.383 e. The molecule has 1 amide bonds. The van der Waals surface area contributed by atoms with Crippen molar-refractivity contribution in [1.29, 1.82) is 0 Å². The van der Waals surface area contributed by atoms with Crippen LogP contribution in [-0.4, -0.2) is 37.1 Å². The monoisotopic (exact) mass is 274 g/mol. The third kappa shape index (κ3) is 2.31. The molecule has 7 nitrogen and oxygen atoms in total. The third-order valence-corrected chi connectivity index (χ3v) is 3.67. The summed E-state index contributed by atoms with van der Waals surface area (Å²) in [5, 5.41) is 4.88. The lowest BCUT2D eigenvalue weighted by molar-refractivity contribution is -0.131. The van der Waals surface area contributed by atoms with E-state index in [1.165, 1.54) is 0 Å². The minimum Gasteiger partial charge on any atom is -0.383 e. The number of amides is 1. The first-order valence-corrected chi connectivity index (χ1v) is 6.87. The van der Waals surface area contributed by atoms with Gasteiger partial charge < -0.3 is 10.6 Å². The number of nitrogen functional groups attached to an aromatic ring is 1. The zero-order chi connectivity index (χ0) is 14.1. The Morgan fingerprint density at radius 1 is 1.30 bits per heavy atom. The number of nitrogens with zero attached hydrogens (tertiary/aromatic N) is 5. The molecule has 1 fully saturated rings. The molecular weight excluding hydrogens is 256 g/mol. The van der Waals surface area contributed by atoms with Crippen molar-refractivity contribution in [3.8, 4) is 0 Å². The molecule has 20 heavy (non-hydrogen) atoms. The summed E-state index contributed by atoms with van der Waals surface area (Å²) in [4.78, 5) is 22.6. The van der Waals surface area contributed by atoms with E-state index in [2.05, 4.69) is 15.1 Å². The van der Waals surface area contributed by atoms with Gasteiger partial charge in [0.15, 0.2) is 11.5 Å². The van der Waals surface area contributed by atoms with E-state index in [1.54, 1.807) is 10.9 Å². The van der Waals surface area contributed by atoms with Crippen molar-refractivity contribution < 1.29 is 4.79 Å². The van der Waals surface area contributed by atoms with Gasteiger partial charge in [0.2, 0.25) is 5.91 Å². The molecule has 1 saturated heterocycles. The van der Waals surface area contributed by atoms with E-state index in [4.69, 9.17) is 5.73 Å². The van der Waals surface area contributed by atoms with E-state index in [0.717, 1.165) is 31.2 Å². The Hall–Kier alpha value is -2.18. The van der Waals surface area contributed by atoms with Crippen molar-refractivity contribution in [2.45, 2.75) is 32.2 Å². The number of nitrogens with two attached hydrogens (primary N) is 1. The molecule has 7 heteroatoms. The second-order valence-electron chi connectivity index (χ2n) is 5.16. The number of aryl methyl sites for hydroxylation is 1. The predicted molar refractivity (Wildman–Crippen MR) is 74.6 cm³/mol. The van der Waals surface area contributed by atoms with Gasteiger partial charge in [-0.3, -0.25) is 9.48 Å². The molecule has 1 aliphatic rings. The number of carbonyl (C=O) groups excluding carboxylic acids is 1. The second-order valence-corrected chi connectivity index (χ2v) is 5.16. The highest BCUT2D eigenvalue weighted by Crippen LogP contribution is 2.18. The summed E-state index contributed by atoms with van der Waals surface area (Å²) in [5.41, 5.74) is 6.64. The molecule has 2 N–H and O–H groups in total. The van der Waals surface area contributed by atoms with Crippen LogP contribution in [0.2, 0.25) is 0 Å². The maximum absolute atomic E-state index is 12.0. The molecule has 0 aliphatic carbocycles. The molecule has 2 aromatic rings. The van der Waals surface area contributed by atoms with Gasteiger partial charge in [-0.1, -0.05) is 6.42 Å². The summed E-state index contributed by atoms with van der Waals surface area (Å²) in [5.74, 6) is 1.17. The molecule has 0 radical (unpaired) electrons. The lowest BCUT2D eigenvalue weighted by Crippen LogP contribution is -2.30. The number of aromatic nitrogens is 4. The van der Waals surface area contributed by atoms with E-state index in [-0.39, 0.29) is 5.91 Å². The topological polar surface area (TPSA) is 89.9 Å². The molecule has 0 saturated carbocycles. The standard InChI is InChI=1S/C13H18N6O/c1-18-13-9(7-15-18)12(14)16-10(17-13)8-19-6-4-2-3-5-11(19)20/h7H,2-6,8H2,1H3,(H2,14,16,17). The number of likely N-dealkylation sites (tertiary alicyclic amines) is 1. The van der Waals surface area contributed by atoms with Gasteiger partial charge in [0, 0.05) is 20.0 Å². The third-order valence-electron chi connectivity index (χ3n) is 3.67. The van der Waals surface area contributed by atoms with Crippen LogP contribution in [0.25, 0.3) is 11.0 Å². The molecule has 2 aromatic heterocycles. The maximum atomic E-state index is 12.0. The highest BCUT2D eigenvalue weighted by Gasteiger charge is 2.19. The maximum Gasteiger partial charge on any atom is 0.222 e. The van der Waals surface area contributed by atoms with Gasteiger partial charge in [-0.15, -0.1) is 0 Å². The Balaban J connectivity index is 1.90. The van der Waals surface area contributed by atoms with Crippen LogP contribution in [0.15, 0.2) is 6.20 Å². The van der Waals surface area contributed by atoms with Crippen molar-refractivity contribution >= 4 is 22.8 Å². The van der Waals surface area contributed by atoms with Crippen molar-refractivity contribution in [2.24, 2.45) is 7.05 Å². The summed E-state index contributed by atoms with van der Waals surface area (Å²) in [7, 11) is 1.82. The van der Waals surface area contributed by atoms with Crippen LogP contribution in [0.5, 0.6) is 0 Å². The zero-order valence-corrected chi connectivity index (χ0v) is 11.5. The molecule has 0 bridgehead atoms. The van der Waals surface area contributed by atoms with Crippen molar-refractivity contribution in [1.82, 2.24) is 24.6 Å². The smallest absolute Gasteiger partial charge is 0.222 e. The number of anilines is 1. The Kier molecular flexibility index (Phi) is 3.25. The van der Waals surface area contributed by atoms with E-state index >= 15 is 0 Å². The molecule has 1 aliphatic heterocycles. The quantitative estimate of drug-likeness (QED) is 0.876. The van der Waals surface area contributed by atoms with Gasteiger partial charge >= 0.3 is 0 Å². The van der Waals surface area contributed by atoms with Gasteiger partial charge in [0.05, 0.1) is 18.1 Å². The van der Waals surface area contributed by atoms with Crippen LogP contribution in [0, 0.1) is 0 Å². The number of carbonyl (C=O) groups is 1. The highest BCUT2D eigenvalue weighted by atomic mass is 16.2. The van der Waals surface area contributed by atoms with Crippen molar-refractivity contribution in [3.05, 3.63) is 12.0 Å². The summed E-state index contributed by atoms with van der Waals surface area (Å²) in [6.07, 6.45) is 5.38. The van der Waals surface area contributed by atoms with Crippen molar-refractivity contribution in [3.63, 3.8) is 0 Å². The number of hydrogen-bond donors (Lipinski definition) is 1. The van der Waals surface area contributed by atoms with E-state index in [9.17, 15) is 4.79 Å². The molecule has 0 atom stereocenters. The second kappa shape index (κ2) is 5.07. The number of rotatable bonds is 2. The molecule has 0 unspecified atom stereocenters. The molecular formula is C13H18N6O. The Morgan fingerprint density at radius 3 is 3.00 bits per heavy atom. The average molecular weight is 274 g/mol. The lowest BCUT2D eigenvalue weighted by Gasteiger charge is -2.19. The Bertz CT molecular complexity index is 650. The first kappa shape index (κ1) is 12.8. The fraction of sp³-hybridized carbons (Fsp3) is 0.538. The van der Waals surface area contributed by atoms with Crippen LogP contribution in [0.4, 0.5) is 5.82 Å². The first-order valence-electron chi connectivity index (χ1n) is 6.87. The fourth-order valence-electron chi connectivity index (χ4n) is 2.54. The summed E-state index contributed by atoms with van der Waals surface area (Å²) >= 11 is 0. The fourth-order valence-corrected chi connectivity index (χ4v) is 2.54. The number of fused-ring (bicyclic) bond motifs is 1. The number of hydrogen-bond acceptors (Lipinski definition) is 5. The van der Waals surface area contributed by atoms with E-state index in [0.29, 0.717) is 30.3 Å². The Labute approximate surface area is 116 Å². The van der Waals surface area contributed by atoms with Crippen LogP contribution in [0.1, 0.15) is 31.5 Å². The Morgan fingerprint density at radius 2 is 2.15 bits per heavy atom. The summed E-state index contributed by atoms with van der Waals surface area (Å²) in [6.45, 7) is 1.19. The van der Waals surface area contributed by atoms with Crippen LogP contribution >= 0.6 is 0 Å². The van der Waals surface area contributed by atoms with Gasteiger partial charge in [0.1, 0.15) is 5.82 Å². The zero-order valence-electron chi connectivity index (χ0n) is 11.5. The predicted octanol–water partition coefficient (Wildman–Crippen LogP) is 0.848. The first-order chi connectivity index (χ1) is 9.65. The lowest BCUT2D eigenvalue weighted by atomic mass is 10.2. The molecule has 106 valence electrons. The van der Waals surface area contributed by atoms with Gasteiger partial charge in [-0.05, 0) is 12.8 Å². The van der Waals surface area contributed by atoms with Crippen LogP contribution in [0.3, 0.4) is 0 Å². The highest BCUT2D eigenvalue weighted by molar-refractivity contribution is 5.85. The van der Waals surface area contributed by atoms with Gasteiger partial charge in [0.25, 0.3) is 0 Å². The molecule has 3 heterocycles. The van der Waals surface area contributed by atoms with E-state index < -0.39 is 0 Å². The minimum atomic E-state index is 0.176. The summed E-state index contributed by atoms with van der Waals surface area (Å²) < 4.78 is 1.67. The SMILES string of the molecule is Cn1ncc2c(N)nc(CN3CCCCCC3=O)nc21. The molecule has 0 aromatic carbocycles. The van der Waals surface area contributed by atoms with Gasteiger partial charge in [-0.2, -0.15) is 5.10 Å². The van der Waals surface area contributed by atoms with Crippen molar-refractivity contribution in [2.75, 3.05) is 12.3 Å². The normalized spacial score (nSPS) is 16.6. The molecule has 3 rings (SSSR count). The van der Waals surface area contributed by atoms with Gasteiger partial charge in [-0.25, -0.2) is 9.97 Å². The van der Waals surface area contributed by atoms with Crippen LogP contribution in [-0.2, 0) is 18.4 Å². The average Bonchev–Trinajstić information content (AvgIpc) is 2.67. The van der Waals surface area contributed by atoms with E-state index in [1.807, 2.05) is 11.9 Å². The minimum absolute atomic E-state index is 0.176. The summed E-state index contributed by atoms with van der Waals surface area (Å²) in [6, 6.07) is 0.